The lowest BCUT2D eigenvalue weighted by molar-refractivity contribution is -0.167. The normalized spacial score (nSPS) is 12.7. The molecule has 0 rings (SSSR count). The summed E-state index contributed by atoms with van der Waals surface area (Å²) in [6, 6.07) is 0. The molecule has 0 unspecified atom stereocenters. The number of rotatable bonds is 53. The molecule has 0 saturated heterocycles. The molecule has 0 N–H and O–H groups in total. The van der Waals surface area contributed by atoms with Gasteiger partial charge >= 0.3 is 17.9 Å². The lowest BCUT2D eigenvalue weighted by Gasteiger charge is -2.18. The second-order valence-electron chi connectivity index (χ2n) is 19.5. The van der Waals surface area contributed by atoms with Crippen molar-refractivity contribution in [2.24, 2.45) is 0 Å². The van der Waals surface area contributed by atoms with Gasteiger partial charge < -0.3 is 14.2 Å². The summed E-state index contributed by atoms with van der Waals surface area (Å²) < 4.78 is 16.8. The maximum Gasteiger partial charge on any atom is 0.306 e. The fraction of sp³-hybridized carbons (Fsp3) is 0.734. The lowest BCUT2D eigenvalue weighted by Crippen LogP contribution is -2.30. The summed E-state index contributed by atoms with van der Waals surface area (Å²) in [5.41, 5.74) is 0. The summed E-state index contributed by atoms with van der Waals surface area (Å²) in [5.74, 6) is -0.968. The molecule has 0 aromatic rings. The van der Waals surface area contributed by atoms with Crippen molar-refractivity contribution in [2.45, 2.75) is 290 Å². The average molecular weight is 976 g/mol. The maximum atomic E-state index is 12.8. The molecule has 0 spiro atoms. The summed E-state index contributed by atoms with van der Waals surface area (Å²) >= 11 is 0. The van der Waals surface area contributed by atoms with Crippen LogP contribution in [-0.4, -0.2) is 37.2 Å². The first-order valence-corrected chi connectivity index (χ1v) is 29.6. The minimum absolute atomic E-state index is 0.103. The molecule has 0 aliphatic rings. The minimum Gasteiger partial charge on any atom is -0.462 e. The molecule has 0 aliphatic heterocycles. The molecule has 0 fully saturated rings. The standard InChI is InChI=1S/C64H110O6/c1-4-7-10-13-16-19-22-25-28-31-32-34-36-39-42-45-48-51-54-57-63(66)69-60-61(59-68-62(65)56-53-50-47-44-41-38-35-30-27-24-21-18-15-12-9-6-3)70-64(67)58-55-52-49-46-43-40-37-33-29-26-23-20-17-14-11-8-5-2/h8,11,17,20,26,29-32,35,37,40,46,49,61H,4-7,9-10,12-16,18-19,21-25,27-28,33-34,36,38-39,41-45,47-48,50-60H2,1-3H3/b11-8-,20-17-,29-26-,32-31-,35-30-,40-37-,49-46-/t61-/m1/s1. The van der Waals surface area contributed by atoms with E-state index in [4.69, 9.17) is 14.2 Å². The third kappa shape index (κ3) is 55.5. The van der Waals surface area contributed by atoms with Crippen molar-refractivity contribution in [3.63, 3.8) is 0 Å². The van der Waals surface area contributed by atoms with Gasteiger partial charge in [0.1, 0.15) is 13.2 Å². The van der Waals surface area contributed by atoms with Crippen LogP contribution in [0.25, 0.3) is 0 Å². The quantitative estimate of drug-likeness (QED) is 0.0261. The number of carbonyl (C=O) groups is 3. The third-order valence-corrected chi connectivity index (χ3v) is 12.6. The van der Waals surface area contributed by atoms with Gasteiger partial charge in [-0.2, -0.15) is 0 Å². The Hall–Kier alpha value is -3.41. The van der Waals surface area contributed by atoms with Crippen LogP contribution in [0.15, 0.2) is 85.1 Å². The molecule has 1 atom stereocenters. The Kier molecular flexibility index (Phi) is 55.3. The van der Waals surface area contributed by atoms with Crippen molar-refractivity contribution in [1.29, 1.82) is 0 Å². The summed E-state index contributed by atoms with van der Waals surface area (Å²) in [7, 11) is 0. The number of unbranched alkanes of at least 4 members (excludes halogenated alkanes) is 28. The van der Waals surface area contributed by atoms with Gasteiger partial charge in [0.2, 0.25) is 0 Å². The molecule has 6 heteroatoms. The van der Waals surface area contributed by atoms with Crippen LogP contribution in [0.1, 0.15) is 284 Å². The Morgan fingerprint density at radius 2 is 0.571 bits per heavy atom. The highest BCUT2D eigenvalue weighted by Gasteiger charge is 2.19. The van der Waals surface area contributed by atoms with Crippen molar-refractivity contribution in [3.8, 4) is 0 Å². The fourth-order valence-corrected chi connectivity index (χ4v) is 8.17. The number of carbonyl (C=O) groups excluding carboxylic acids is 3. The summed E-state index contributed by atoms with van der Waals surface area (Å²) in [4.78, 5) is 38.2. The van der Waals surface area contributed by atoms with Gasteiger partial charge in [-0.25, -0.2) is 0 Å². The van der Waals surface area contributed by atoms with E-state index in [1.165, 1.54) is 154 Å². The summed E-state index contributed by atoms with van der Waals surface area (Å²) in [6.07, 6.45) is 75.8. The van der Waals surface area contributed by atoms with Crippen molar-refractivity contribution in [2.75, 3.05) is 13.2 Å². The van der Waals surface area contributed by atoms with Crippen LogP contribution in [-0.2, 0) is 28.6 Å². The monoisotopic (exact) mass is 975 g/mol. The molecule has 0 bridgehead atoms. The van der Waals surface area contributed by atoms with Gasteiger partial charge in [0.05, 0.1) is 0 Å². The fourth-order valence-electron chi connectivity index (χ4n) is 8.17. The zero-order valence-electron chi connectivity index (χ0n) is 46.0. The van der Waals surface area contributed by atoms with Crippen molar-refractivity contribution < 1.29 is 28.6 Å². The Morgan fingerprint density at radius 1 is 0.300 bits per heavy atom. The van der Waals surface area contributed by atoms with E-state index in [1.54, 1.807) is 0 Å². The number of ether oxygens (including phenoxy) is 3. The van der Waals surface area contributed by atoms with Gasteiger partial charge in [0.15, 0.2) is 6.10 Å². The van der Waals surface area contributed by atoms with Gasteiger partial charge in [-0.1, -0.05) is 241 Å². The van der Waals surface area contributed by atoms with E-state index >= 15 is 0 Å². The highest BCUT2D eigenvalue weighted by atomic mass is 16.6. The predicted octanol–water partition coefficient (Wildman–Crippen LogP) is 19.9. The number of allylic oxidation sites excluding steroid dienone is 14. The van der Waals surface area contributed by atoms with E-state index in [1.807, 2.05) is 0 Å². The van der Waals surface area contributed by atoms with Crippen molar-refractivity contribution >= 4 is 17.9 Å². The average Bonchev–Trinajstić information content (AvgIpc) is 3.36. The number of esters is 3. The Balaban J connectivity index is 4.47. The topological polar surface area (TPSA) is 78.9 Å². The van der Waals surface area contributed by atoms with Crippen LogP contribution in [0.4, 0.5) is 0 Å². The minimum atomic E-state index is -0.812. The van der Waals surface area contributed by atoms with E-state index in [9.17, 15) is 14.4 Å². The maximum absolute atomic E-state index is 12.8. The van der Waals surface area contributed by atoms with Crippen molar-refractivity contribution in [3.05, 3.63) is 85.1 Å². The molecule has 70 heavy (non-hydrogen) atoms. The van der Waals surface area contributed by atoms with Gasteiger partial charge in [-0.05, 0) is 109 Å². The molecule has 402 valence electrons. The molecule has 0 aromatic heterocycles. The van der Waals surface area contributed by atoms with Crippen LogP contribution >= 0.6 is 0 Å². The zero-order chi connectivity index (χ0) is 50.7. The number of hydrogen-bond donors (Lipinski definition) is 0. The molecular formula is C64H110O6. The molecule has 0 heterocycles. The van der Waals surface area contributed by atoms with E-state index < -0.39 is 6.10 Å². The smallest absolute Gasteiger partial charge is 0.306 e. The molecule has 0 aliphatic carbocycles. The van der Waals surface area contributed by atoms with Crippen LogP contribution < -0.4 is 0 Å². The zero-order valence-corrected chi connectivity index (χ0v) is 46.0. The van der Waals surface area contributed by atoms with Crippen LogP contribution in [0.5, 0.6) is 0 Å². The van der Waals surface area contributed by atoms with E-state index in [0.717, 1.165) is 83.5 Å². The Morgan fingerprint density at radius 3 is 0.929 bits per heavy atom. The second kappa shape index (κ2) is 58.2. The number of hydrogen-bond acceptors (Lipinski definition) is 6. The summed E-state index contributed by atoms with van der Waals surface area (Å²) in [5, 5.41) is 0. The molecule has 0 radical (unpaired) electrons. The Bertz CT molecular complexity index is 1350. The van der Waals surface area contributed by atoms with Crippen LogP contribution in [0, 0.1) is 0 Å². The SMILES string of the molecule is CC/C=C\C/C=C\C/C=C\C/C=C\C/C=C\CCCC(=O)O[C@H](COC(=O)CCCCCCC/C=C\CCCCCCCCC)COC(=O)CCCCCCCCC/C=C\CCCCCCCCCC. The highest BCUT2D eigenvalue weighted by molar-refractivity contribution is 5.71. The van der Waals surface area contributed by atoms with Crippen LogP contribution in [0.3, 0.4) is 0 Å². The van der Waals surface area contributed by atoms with Gasteiger partial charge in [0, 0.05) is 19.3 Å². The highest BCUT2D eigenvalue weighted by Crippen LogP contribution is 2.15. The molecule has 0 aromatic carbocycles. The van der Waals surface area contributed by atoms with E-state index in [0.29, 0.717) is 19.3 Å². The molecule has 0 amide bonds. The Labute approximate surface area is 433 Å². The first-order valence-electron chi connectivity index (χ1n) is 29.6. The summed E-state index contributed by atoms with van der Waals surface area (Å²) in [6.45, 7) is 6.48. The largest absolute Gasteiger partial charge is 0.462 e. The van der Waals surface area contributed by atoms with Gasteiger partial charge in [0.25, 0.3) is 0 Å². The van der Waals surface area contributed by atoms with Crippen molar-refractivity contribution in [1.82, 2.24) is 0 Å². The molecule has 0 saturated carbocycles. The van der Waals surface area contributed by atoms with E-state index in [2.05, 4.69) is 106 Å². The second-order valence-corrected chi connectivity index (χ2v) is 19.5. The first-order chi connectivity index (χ1) is 34.5. The third-order valence-electron chi connectivity index (χ3n) is 12.6. The van der Waals surface area contributed by atoms with Crippen LogP contribution in [0.2, 0.25) is 0 Å². The van der Waals surface area contributed by atoms with E-state index in [-0.39, 0.29) is 37.5 Å². The lowest BCUT2D eigenvalue weighted by atomic mass is 10.1. The predicted molar refractivity (Wildman–Crippen MR) is 302 cm³/mol. The van der Waals surface area contributed by atoms with Gasteiger partial charge in [-0.15, -0.1) is 0 Å². The molecule has 6 nitrogen and oxygen atoms in total. The first kappa shape index (κ1) is 66.6. The van der Waals surface area contributed by atoms with Gasteiger partial charge in [-0.3, -0.25) is 14.4 Å². The molecular weight excluding hydrogens is 865 g/mol.